The molecular weight excluding hydrogens is 261 g/mol. The molecule has 1 rings (SSSR count). The molecule has 1 N–H and O–H groups in total. The van der Waals surface area contributed by atoms with Gasteiger partial charge in [0.05, 0.1) is 0 Å². The molecule has 15 heavy (non-hydrogen) atoms. The summed E-state index contributed by atoms with van der Waals surface area (Å²) in [6.07, 6.45) is 1.22. The lowest BCUT2D eigenvalue weighted by Crippen LogP contribution is -2.25. The molecule has 0 atom stereocenters. The van der Waals surface area contributed by atoms with E-state index in [1.807, 2.05) is 0 Å². The minimum Gasteiger partial charge on any atom is -0.356 e. The number of halogens is 2. The molecule has 0 aliphatic heterocycles. The third kappa shape index (κ3) is 4.93. The van der Waals surface area contributed by atoms with Crippen molar-refractivity contribution in [2.24, 2.45) is 0 Å². The molecule has 0 radical (unpaired) electrons. The Balaban J connectivity index is 2.26. The summed E-state index contributed by atoms with van der Waals surface area (Å²) in [4.78, 5) is 11.1. The molecule has 0 aliphatic rings. The number of hydrogen-bond donors (Lipinski definition) is 1. The highest BCUT2D eigenvalue weighted by atomic mass is 79.9. The van der Waals surface area contributed by atoms with Crippen molar-refractivity contribution in [2.75, 3.05) is 11.9 Å². The summed E-state index contributed by atoms with van der Waals surface area (Å²) in [5.74, 6) is -0.198. The van der Waals surface area contributed by atoms with Gasteiger partial charge in [0, 0.05) is 18.3 Å². The molecule has 0 aromatic heterocycles. The van der Waals surface area contributed by atoms with Gasteiger partial charge in [0.2, 0.25) is 5.91 Å². The van der Waals surface area contributed by atoms with Crippen LogP contribution in [0.1, 0.15) is 12.0 Å². The molecule has 0 spiro atoms. The zero-order valence-corrected chi connectivity index (χ0v) is 9.89. The SMILES string of the molecule is O=C(CCBr)NCCc1ccc(F)cc1. The minimum absolute atomic E-state index is 0.0361. The van der Waals surface area contributed by atoms with Gasteiger partial charge in [-0.3, -0.25) is 4.79 Å². The maximum atomic E-state index is 12.6. The molecule has 1 aromatic carbocycles. The number of alkyl halides is 1. The van der Waals surface area contributed by atoms with Crippen LogP contribution in [0.5, 0.6) is 0 Å². The highest BCUT2D eigenvalue weighted by Crippen LogP contribution is 2.02. The summed E-state index contributed by atoms with van der Waals surface area (Å²) in [7, 11) is 0. The molecule has 2 nitrogen and oxygen atoms in total. The summed E-state index contributed by atoms with van der Waals surface area (Å²) in [5, 5.41) is 3.46. The van der Waals surface area contributed by atoms with Gasteiger partial charge in [-0.05, 0) is 24.1 Å². The van der Waals surface area contributed by atoms with Gasteiger partial charge in [-0.25, -0.2) is 4.39 Å². The van der Waals surface area contributed by atoms with E-state index in [-0.39, 0.29) is 11.7 Å². The number of nitrogens with one attached hydrogen (secondary N) is 1. The van der Waals surface area contributed by atoms with E-state index in [0.29, 0.717) is 18.3 Å². The Hall–Kier alpha value is -0.900. The van der Waals surface area contributed by atoms with Gasteiger partial charge < -0.3 is 5.32 Å². The monoisotopic (exact) mass is 273 g/mol. The second-order valence-electron chi connectivity index (χ2n) is 3.17. The normalized spacial score (nSPS) is 10.0. The Morgan fingerprint density at radius 2 is 2.00 bits per heavy atom. The summed E-state index contributed by atoms with van der Waals surface area (Å²) in [6.45, 7) is 0.595. The molecule has 0 fully saturated rings. The van der Waals surface area contributed by atoms with Crippen LogP contribution < -0.4 is 5.32 Å². The van der Waals surface area contributed by atoms with Crippen molar-refractivity contribution in [1.82, 2.24) is 5.32 Å². The van der Waals surface area contributed by atoms with Crippen LogP contribution in [0.4, 0.5) is 4.39 Å². The topological polar surface area (TPSA) is 29.1 Å². The highest BCUT2D eigenvalue weighted by molar-refractivity contribution is 9.09. The Morgan fingerprint density at radius 3 is 2.60 bits per heavy atom. The van der Waals surface area contributed by atoms with Crippen LogP contribution in [-0.4, -0.2) is 17.8 Å². The average Bonchev–Trinajstić information content (AvgIpc) is 2.21. The van der Waals surface area contributed by atoms with Gasteiger partial charge in [-0.1, -0.05) is 28.1 Å². The van der Waals surface area contributed by atoms with Gasteiger partial charge in [0.1, 0.15) is 5.82 Å². The molecule has 0 saturated heterocycles. The molecule has 0 unspecified atom stereocenters. The van der Waals surface area contributed by atoms with E-state index in [2.05, 4.69) is 21.2 Å². The van der Waals surface area contributed by atoms with Crippen molar-refractivity contribution in [3.8, 4) is 0 Å². The number of amides is 1. The molecule has 1 aromatic rings. The molecule has 4 heteroatoms. The van der Waals surface area contributed by atoms with Crippen LogP contribution in [0.15, 0.2) is 24.3 Å². The molecule has 0 saturated carbocycles. The van der Waals surface area contributed by atoms with E-state index in [0.717, 1.165) is 12.0 Å². The fourth-order valence-corrected chi connectivity index (χ4v) is 1.53. The molecular formula is C11H13BrFNO. The minimum atomic E-state index is -0.234. The quantitative estimate of drug-likeness (QED) is 0.820. The molecule has 0 heterocycles. The Bertz CT molecular complexity index is 313. The van der Waals surface area contributed by atoms with Crippen LogP contribution in [0.3, 0.4) is 0 Å². The van der Waals surface area contributed by atoms with Crippen molar-refractivity contribution < 1.29 is 9.18 Å². The maximum absolute atomic E-state index is 12.6. The number of rotatable bonds is 5. The first-order valence-corrected chi connectivity index (χ1v) is 5.91. The summed E-state index contributed by atoms with van der Waals surface area (Å²) < 4.78 is 12.6. The number of carbonyl (C=O) groups is 1. The third-order valence-corrected chi connectivity index (χ3v) is 2.37. The van der Waals surface area contributed by atoms with E-state index in [1.165, 1.54) is 12.1 Å². The first kappa shape index (κ1) is 12.2. The van der Waals surface area contributed by atoms with Crippen molar-refractivity contribution in [1.29, 1.82) is 0 Å². The van der Waals surface area contributed by atoms with Gasteiger partial charge in [-0.2, -0.15) is 0 Å². The van der Waals surface area contributed by atoms with Gasteiger partial charge in [0.15, 0.2) is 0 Å². The standard InChI is InChI=1S/C11H13BrFNO/c12-7-5-11(15)14-8-6-9-1-3-10(13)4-2-9/h1-4H,5-8H2,(H,14,15). The number of benzene rings is 1. The van der Waals surface area contributed by atoms with E-state index in [1.54, 1.807) is 12.1 Å². The zero-order chi connectivity index (χ0) is 11.1. The predicted molar refractivity (Wildman–Crippen MR) is 61.5 cm³/mol. The Morgan fingerprint density at radius 1 is 1.33 bits per heavy atom. The van der Waals surface area contributed by atoms with Crippen LogP contribution in [-0.2, 0) is 11.2 Å². The molecule has 1 amide bonds. The fourth-order valence-electron chi connectivity index (χ4n) is 1.17. The van der Waals surface area contributed by atoms with Crippen molar-refractivity contribution in [3.05, 3.63) is 35.6 Å². The van der Waals surface area contributed by atoms with Crippen LogP contribution in [0.25, 0.3) is 0 Å². The number of carbonyl (C=O) groups excluding carboxylic acids is 1. The molecule has 82 valence electrons. The zero-order valence-electron chi connectivity index (χ0n) is 8.30. The smallest absolute Gasteiger partial charge is 0.220 e. The second kappa shape index (κ2) is 6.56. The van der Waals surface area contributed by atoms with Crippen molar-refractivity contribution >= 4 is 21.8 Å². The second-order valence-corrected chi connectivity index (χ2v) is 3.96. The van der Waals surface area contributed by atoms with Crippen LogP contribution in [0.2, 0.25) is 0 Å². The third-order valence-electron chi connectivity index (χ3n) is 1.97. The largest absolute Gasteiger partial charge is 0.356 e. The average molecular weight is 274 g/mol. The first-order valence-electron chi connectivity index (χ1n) is 4.79. The highest BCUT2D eigenvalue weighted by Gasteiger charge is 1.99. The molecule has 0 aliphatic carbocycles. The van der Waals surface area contributed by atoms with E-state index in [9.17, 15) is 9.18 Å². The van der Waals surface area contributed by atoms with Crippen LogP contribution >= 0.6 is 15.9 Å². The predicted octanol–water partition coefficient (Wildman–Crippen LogP) is 2.27. The summed E-state index contributed by atoms with van der Waals surface area (Å²) in [5.41, 5.74) is 1.02. The van der Waals surface area contributed by atoms with Gasteiger partial charge >= 0.3 is 0 Å². The fraction of sp³-hybridized carbons (Fsp3) is 0.364. The lowest BCUT2D eigenvalue weighted by molar-refractivity contribution is -0.120. The molecule has 0 bridgehead atoms. The van der Waals surface area contributed by atoms with E-state index in [4.69, 9.17) is 0 Å². The first-order chi connectivity index (χ1) is 7.22. The van der Waals surface area contributed by atoms with E-state index >= 15 is 0 Å². The van der Waals surface area contributed by atoms with Gasteiger partial charge in [0.25, 0.3) is 0 Å². The lowest BCUT2D eigenvalue weighted by atomic mass is 10.1. The van der Waals surface area contributed by atoms with Crippen molar-refractivity contribution in [3.63, 3.8) is 0 Å². The van der Waals surface area contributed by atoms with E-state index < -0.39 is 0 Å². The van der Waals surface area contributed by atoms with Gasteiger partial charge in [-0.15, -0.1) is 0 Å². The Labute approximate surface area is 97.0 Å². The number of hydrogen-bond acceptors (Lipinski definition) is 1. The summed E-state index contributed by atoms with van der Waals surface area (Å²) in [6, 6.07) is 6.31. The maximum Gasteiger partial charge on any atom is 0.220 e. The summed E-state index contributed by atoms with van der Waals surface area (Å²) >= 11 is 3.19. The lowest BCUT2D eigenvalue weighted by Gasteiger charge is -2.03. The van der Waals surface area contributed by atoms with Crippen LogP contribution in [0, 0.1) is 5.82 Å². The van der Waals surface area contributed by atoms with Crippen molar-refractivity contribution in [2.45, 2.75) is 12.8 Å². The Kier molecular flexibility index (Phi) is 5.32.